The van der Waals surface area contributed by atoms with Crippen LogP contribution in [-0.4, -0.2) is 4.98 Å². The first-order chi connectivity index (χ1) is 8.95. The van der Waals surface area contributed by atoms with E-state index in [0.29, 0.717) is 0 Å². The van der Waals surface area contributed by atoms with Crippen LogP contribution in [0.4, 0.5) is 4.39 Å². The van der Waals surface area contributed by atoms with Crippen LogP contribution in [0.1, 0.15) is 30.5 Å². The van der Waals surface area contributed by atoms with Crippen LogP contribution in [0.15, 0.2) is 42.7 Å². The number of fused-ring (bicyclic) bond motifs is 1. The molecule has 3 heteroatoms. The maximum atomic E-state index is 13.1. The first-order valence-corrected chi connectivity index (χ1v) is 6.43. The molecule has 98 valence electrons. The lowest BCUT2D eigenvalue weighted by atomic mass is 9.69. The van der Waals surface area contributed by atoms with E-state index in [1.807, 2.05) is 12.3 Å². The van der Waals surface area contributed by atoms with Crippen LogP contribution in [0.2, 0.25) is 0 Å². The third kappa shape index (κ3) is 1.61. The van der Waals surface area contributed by atoms with E-state index >= 15 is 0 Å². The Morgan fingerprint density at radius 3 is 2.53 bits per heavy atom. The van der Waals surface area contributed by atoms with Gasteiger partial charge in [0.2, 0.25) is 0 Å². The molecule has 3 rings (SSSR count). The summed E-state index contributed by atoms with van der Waals surface area (Å²) in [6, 6.07) is 8.49. The second-order valence-electron chi connectivity index (χ2n) is 5.91. The normalized spacial score (nSPS) is 24.2. The maximum absolute atomic E-state index is 13.1. The highest BCUT2D eigenvalue weighted by Gasteiger charge is 2.50. The first kappa shape index (κ1) is 12.3. The molecule has 1 aliphatic carbocycles. The Morgan fingerprint density at radius 1 is 1.16 bits per heavy atom. The van der Waals surface area contributed by atoms with Gasteiger partial charge in [-0.1, -0.05) is 26.0 Å². The highest BCUT2D eigenvalue weighted by atomic mass is 19.1. The molecular formula is C16H17FN2. The lowest BCUT2D eigenvalue weighted by Crippen LogP contribution is -2.47. The number of nitrogens with two attached hydrogens (primary N) is 1. The van der Waals surface area contributed by atoms with Gasteiger partial charge < -0.3 is 5.73 Å². The highest BCUT2D eigenvalue weighted by molar-refractivity contribution is 5.48. The average Bonchev–Trinajstić information content (AvgIpc) is 2.59. The summed E-state index contributed by atoms with van der Waals surface area (Å²) in [6.07, 6.45) is 4.53. The number of nitrogens with zero attached hydrogens (tertiary/aromatic N) is 1. The Bertz CT molecular complexity index is 619. The van der Waals surface area contributed by atoms with E-state index < -0.39 is 5.54 Å². The number of aromatic nitrogens is 1. The Kier molecular flexibility index (Phi) is 2.51. The van der Waals surface area contributed by atoms with E-state index in [1.54, 1.807) is 18.3 Å². The lowest BCUT2D eigenvalue weighted by molar-refractivity contribution is 0.234. The molecule has 0 bridgehead atoms. The van der Waals surface area contributed by atoms with Crippen molar-refractivity contribution in [3.05, 3.63) is 65.2 Å². The molecule has 1 heterocycles. The van der Waals surface area contributed by atoms with Crippen LogP contribution in [-0.2, 0) is 12.0 Å². The molecule has 0 saturated heterocycles. The molecule has 1 aliphatic rings. The van der Waals surface area contributed by atoms with Crippen molar-refractivity contribution in [2.75, 3.05) is 0 Å². The average molecular weight is 256 g/mol. The van der Waals surface area contributed by atoms with Gasteiger partial charge in [-0.15, -0.1) is 0 Å². The molecule has 0 fully saturated rings. The smallest absolute Gasteiger partial charge is 0.123 e. The molecule has 2 N–H and O–H groups in total. The van der Waals surface area contributed by atoms with Crippen molar-refractivity contribution in [3.63, 3.8) is 0 Å². The molecule has 1 aromatic heterocycles. The molecule has 0 radical (unpaired) electrons. The van der Waals surface area contributed by atoms with E-state index in [-0.39, 0.29) is 11.2 Å². The topological polar surface area (TPSA) is 38.9 Å². The van der Waals surface area contributed by atoms with Gasteiger partial charge in [0, 0.05) is 12.4 Å². The van der Waals surface area contributed by atoms with Crippen molar-refractivity contribution in [2.45, 2.75) is 25.8 Å². The second kappa shape index (κ2) is 3.87. The molecule has 1 unspecified atom stereocenters. The zero-order valence-electron chi connectivity index (χ0n) is 11.2. The number of pyridine rings is 1. The summed E-state index contributed by atoms with van der Waals surface area (Å²) >= 11 is 0. The van der Waals surface area contributed by atoms with Crippen LogP contribution in [0.25, 0.3) is 0 Å². The summed E-state index contributed by atoms with van der Waals surface area (Å²) in [5.41, 5.74) is 9.27. The number of rotatable bonds is 1. The third-order valence-electron chi connectivity index (χ3n) is 4.33. The minimum Gasteiger partial charge on any atom is -0.317 e. The van der Waals surface area contributed by atoms with Crippen molar-refractivity contribution in [3.8, 4) is 0 Å². The Morgan fingerprint density at radius 2 is 1.84 bits per heavy atom. The SMILES string of the molecule is CC1(C)Cc2cnccc2C1(N)c1ccc(F)cc1. The minimum atomic E-state index is -0.598. The molecule has 2 nitrogen and oxygen atoms in total. The zero-order valence-corrected chi connectivity index (χ0v) is 11.2. The Balaban J connectivity index is 2.23. The molecular weight excluding hydrogens is 239 g/mol. The molecule has 19 heavy (non-hydrogen) atoms. The van der Waals surface area contributed by atoms with E-state index in [0.717, 1.165) is 17.5 Å². The van der Waals surface area contributed by atoms with E-state index in [4.69, 9.17) is 5.73 Å². The van der Waals surface area contributed by atoms with Gasteiger partial charge in [-0.2, -0.15) is 0 Å². The van der Waals surface area contributed by atoms with Crippen LogP contribution >= 0.6 is 0 Å². The van der Waals surface area contributed by atoms with Crippen LogP contribution in [0.5, 0.6) is 0 Å². The monoisotopic (exact) mass is 256 g/mol. The highest BCUT2D eigenvalue weighted by Crippen LogP contribution is 2.51. The standard InChI is InChI=1S/C16H17FN2/c1-15(2)9-11-10-19-8-7-14(11)16(15,18)12-3-5-13(17)6-4-12/h3-8,10H,9,18H2,1-2H3. The molecule has 0 amide bonds. The molecule has 1 atom stereocenters. The number of halogens is 1. The molecule has 0 spiro atoms. The third-order valence-corrected chi connectivity index (χ3v) is 4.33. The van der Waals surface area contributed by atoms with Gasteiger partial charge in [-0.05, 0) is 46.7 Å². The van der Waals surface area contributed by atoms with Crippen molar-refractivity contribution in [1.82, 2.24) is 4.98 Å². The van der Waals surface area contributed by atoms with Gasteiger partial charge in [0.15, 0.2) is 0 Å². The van der Waals surface area contributed by atoms with Crippen LogP contribution < -0.4 is 5.73 Å². The predicted octanol–water partition coefficient (Wildman–Crippen LogP) is 3.01. The molecule has 0 aliphatic heterocycles. The van der Waals surface area contributed by atoms with Gasteiger partial charge in [0.1, 0.15) is 5.82 Å². The van der Waals surface area contributed by atoms with Crippen molar-refractivity contribution in [1.29, 1.82) is 0 Å². The fraction of sp³-hybridized carbons (Fsp3) is 0.312. The summed E-state index contributed by atoms with van der Waals surface area (Å²) in [6.45, 7) is 4.30. The van der Waals surface area contributed by atoms with Crippen LogP contribution in [0.3, 0.4) is 0 Å². The fourth-order valence-corrected chi connectivity index (χ4v) is 3.19. The molecule has 0 saturated carbocycles. The van der Waals surface area contributed by atoms with Crippen molar-refractivity contribution >= 4 is 0 Å². The maximum Gasteiger partial charge on any atom is 0.123 e. The van der Waals surface area contributed by atoms with E-state index in [9.17, 15) is 4.39 Å². The fourth-order valence-electron chi connectivity index (χ4n) is 3.19. The summed E-state index contributed by atoms with van der Waals surface area (Å²) in [4.78, 5) is 4.18. The van der Waals surface area contributed by atoms with E-state index in [2.05, 4.69) is 18.8 Å². The number of hydrogen-bond donors (Lipinski definition) is 1. The zero-order chi connectivity index (χ0) is 13.7. The summed E-state index contributed by atoms with van der Waals surface area (Å²) in [5, 5.41) is 0. The lowest BCUT2D eigenvalue weighted by Gasteiger charge is -2.39. The van der Waals surface area contributed by atoms with Gasteiger partial charge in [0.25, 0.3) is 0 Å². The summed E-state index contributed by atoms with van der Waals surface area (Å²) in [7, 11) is 0. The van der Waals surface area contributed by atoms with Gasteiger partial charge >= 0.3 is 0 Å². The second-order valence-corrected chi connectivity index (χ2v) is 5.91. The summed E-state index contributed by atoms with van der Waals surface area (Å²) < 4.78 is 13.1. The van der Waals surface area contributed by atoms with Crippen molar-refractivity contribution in [2.24, 2.45) is 11.1 Å². The number of hydrogen-bond acceptors (Lipinski definition) is 2. The van der Waals surface area contributed by atoms with Crippen LogP contribution in [0, 0.1) is 11.2 Å². The number of benzene rings is 1. The molecule has 2 aromatic rings. The Hall–Kier alpha value is -1.74. The van der Waals surface area contributed by atoms with E-state index in [1.165, 1.54) is 17.7 Å². The van der Waals surface area contributed by atoms with Gasteiger partial charge in [0.05, 0.1) is 5.54 Å². The Labute approximate surface area is 112 Å². The van der Waals surface area contributed by atoms with Crippen molar-refractivity contribution < 1.29 is 4.39 Å². The summed E-state index contributed by atoms with van der Waals surface area (Å²) in [5.74, 6) is -0.238. The first-order valence-electron chi connectivity index (χ1n) is 6.43. The predicted molar refractivity (Wildman–Crippen MR) is 73.1 cm³/mol. The molecule has 1 aromatic carbocycles. The minimum absolute atomic E-state index is 0.129. The quantitative estimate of drug-likeness (QED) is 0.852. The van der Waals surface area contributed by atoms with Gasteiger partial charge in [-0.3, -0.25) is 4.98 Å². The van der Waals surface area contributed by atoms with Gasteiger partial charge in [-0.25, -0.2) is 4.39 Å². The largest absolute Gasteiger partial charge is 0.317 e.